The van der Waals surface area contributed by atoms with E-state index < -0.39 is 5.41 Å². The van der Waals surface area contributed by atoms with Crippen molar-refractivity contribution < 1.29 is 14.3 Å². The van der Waals surface area contributed by atoms with E-state index in [-0.39, 0.29) is 17.2 Å². The summed E-state index contributed by atoms with van der Waals surface area (Å²) in [6.07, 6.45) is 2.06. The van der Waals surface area contributed by atoms with Crippen LogP contribution in [0.5, 0.6) is 5.75 Å². The third kappa shape index (κ3) is 2.30. The summed E-state index contributed by atoms with van der Waals surface area (Å²) in [6.45, 7) is 6.76. The predicted octanol–water partition coefficient (Wildman–Crippen LogP) is 2.81. The Morgan fingerprint density at radius 1 is 1.30 bits per heavy atom. The summed E-state index contributed by atoms with van der Waals surface area (Å²) in [5.41, 5.74) is 0.961. The molecule has 1 aromatic carbocycles. The van der Waals surface area contributed by atoms with Crippen LogP contribution in [0.2, 0.25) is 0 Å². The molecular weight excluding hydrogens is 292 g/mol. The maximum atomic E-state index is 12.7. The first kappa shape index (κ1) is 14.5. The second-order valence-corrected chi connectivity index (χ2v) is 7.95. The van der Waals surface area contributed by atoms with Gasteiger partial charge in [0.2, 0.25) is 11.8 Å². The van der Waals surface area contributed by atoms with E-state index >= 15 is 0 Å². The van der Waals surface area contributed by atoms with Gasteiger partial charge in [-0.2, -0.15) is 0 Å². The lowest BCUT2D eigenvalue weighted by molar-refractivity contribution is -0.126. The van der Waals surface area contributed by atoms with Crippen LogP contribution < -0.4 is 15.0 Å². The van der Waals surface area contributed by atoms with E-state index in [4.69, 9.17) is 4.74 Å². The van der Waals surface area contributed by atoms with Gasteiger partial charge in [0, 0.05) is 11.1 Å². The molecular formula is C18H22N2O3. The molecule has 0 radical (unpaired) electrons. The molecule has 2 amide bonds. The quantitative estimate of drug-likeness (QED) is 0.913. The molecule has 0 aromatic heterocycles. The van der Waals surface area contributed by atoms with Crippen LogP contribution in [0.3, 0.4) is 0 Å². The number of fused-ring (bicyclic) bond motifs is 2. The zero-order chi connectivity index (χ0) is 16.4. The molecule has 2 saturated carbocycles. The Bertz CT molecular complexity index is 699. The Balaban J connectivity index is 1.60. The molecule has 5 nitrogen and oxygen atoms in total. The molecule has 122 valence electrons. The minimum atomic E-state index is -0.456. The Kier molecular flexibility index (Phi) is 2.84. The fraction of sp³-hybridized carbons (Fsp3) is 0.556. The number of hydrogen-bond acceptors (Lipinski definition) is 3. The van der Waals surface area contributed by atoms with E-state index in [0.717, 1.165) is 24.2 Å². The first-order chi connectivity index (χ1) is 10.8. The van der Waals surface area contributed by atoms with Crippen LogP contribution in [0.25, 0.3) is 0 Å². The van der Waals surface area contributed by atoms with Gasteiger partial charge in [-0.15, -0.1) is 0 Å². The molecule has 0 unspecified atom stereocenters. The van der Waals surface area contributed by atoms with E-state index in [2.05, 4.69) is 5.32 Å². The van der Waals surface area contributed by atoms with Gasteiger partial charge >= 0.3 is 0 Å². The second kappa shape index (κ2) is 4.49. The third-order valence-electron chi connectivity index (χ3n) is 5.10. The summed E-state index contributed by atoms with van der Waals surface area (Å²) >= 11 is 0. The number of benzene rings is 1. The highest BCUT2D eigenvalue weighted by molar-refractivity contribution is 6.02. The monoisotopic (exact) mass is 314 g/mol. The van der Waals surface area contributed by atoms with E-state index in [1.807, 2.05) is 39.0 Å². The van der Waals surface area contributed by atoms with Crippen molar-refractivity contribution in [3.8, 4) is 5.75 Å². The van der Waals surface area contributed by atoms with Gasteiger partial charge in [-0.05, 0) is 37.0 Å². The zero-order valence-electron chi connectivity index (χ0n) is 13.8. The minimum absolute atomic E-state index is 0.0622. The third-order valence-corrected chi connectivity index (χ3v) is 5.10. The number of nitrogens with zero attached hydrogens (tertiary/aromatic N) is 1. The summed E-state index contributed by atoms with van der Waals surface area (Å²) in [7, 11) is 0. The molecule has 3 aliphatic rings. The summed E-state index contributed by atoms with van der Waals surface area (Å²) in [5.74, 6) is 1.49. The van der Waals surface area contributed by atoms with Crippen LogP contribution >= 0.6 is 0 Å². The zero-order valence-corrected chi connectivity index (χ0v) is 13.8. The number of ether oxygens (including phenoxy) is 1. The standard InChI is InChI=1S/C18H22N2O3/c1-17(2,3)16(22)20-6-7-23-14-5-4-12(8-13(14)20)19-15(21)18-9-11(18)10-18/h4-5,8,11H,6-7,9-10H2,1-3H3,(H,19,21). The van der Waals surface area contributed by atoms with Crippen molar-refractivity contribution in [1.82, 2.24) is 0 Å². The number of carbonyl (C=O) groups is 2. The van der Waals surface area contributed by atoms with Crippen LogP contribution in [0.4, 0.5) is 11.4 Å². The van der Waals surface area contributed by atoms with Crippen molar-refractivity contribution in [3.05, 3.63) is 18.2 Å². The first-order valence-electron chi connectivity index (χ1n) is 8.21. The molecule has 1 aromatic rings. The molecule has 1 N–H and O–H groups in total. The summed E-state index contributed by atoms with van der Waals surface area (Å²) < 4.78 is 5.66. The topological polar surface area (TPSA) is 58.6 Å². The van der Waals surface area contributed by atoms with Gasteiger partial charge in [0.25, 0.3) is 0 Å². The maximum Gasteiger partial charge on any atom is 0.232 e. The van der Waals surface area contributed by atoms with E-state index in [1.165, 1.54) is 0 Å². The Hall–Kier alpha value is -2.04. The van der Waals surface area contributed by atoms with E-state index in [1.54, 1.807) is 4.90 Å². The van der Waals surface area contributed by atoms with Crippen LogP contribution in [0.1, 0.15) is 33.6 Å². The van der Waals surface area contributed by atoms with Crippen molar-refractivity contribution in [3.63, 3.8) is 0 Å². The van der Waals surface area contributed by atoms with Crippen LogP contribution in [-0.2, 0) is 9.59 Å². The molecule has 23 heavy (non-hydrogen) atoms. The number of hydrogen-bond donors (Lipinski definition) is 1. The minimum Gasteiger partial charge on any atom is -0.490 e. The lowest BCUT2D eigenvalue weighted by atomic mass is 9.94. The van der Waals surface area contributed by atoms with Crippen LogP contribution in [0, 0.1) is 16.7 Å². The lowest BCUT2D eigenvalue weighted by Gasteiger charge is -2.34. The highest BCUT2D eigenvalue weighted by Crippen LogP contribution is 2.75. The molecule has 1 heterocycles. The SMILES string of the molecule is CC(C)(C)C(=O)N1CCOc2ccc(NC(=O)C34CC3C4)cc21. The van der Waals surface area contributed by atoms with Crippen molar-refractivity contribution in [2.75, 3.05) is 23.4 Å². The van der Waals surface area contributed by atoms with Gasteiger partial charge in [-0.1, -0.05) is 20.8 Å². The average molecular weight is 314 g/mol. The van der Waals surface area contributed by atoms with Gasteiger partial charge in [0.05, 0.1) is 17.6 Å². The maximum absolute atomic E-state index is 12.7. The van der Waals surface area contributed by atoms with Crippen molar-refractivity contribution >= 4 is 23.2 Å². The fourth-order valence-corrected chi connectivity index (χ4v) is 3.24. The summed E-state index contributed by atoms with van der Waals surface area (Å²) in [5, 5.41) is 3.00. The molecule has 2 aliphatic carbocycles. The number of rotatable bonds is 2. The van der Waals surface area contributed by atoms with E-state index in [9.17, 15) is 9.59 Å². The fourth-order valence-electron chi connectivity index (χ4n) is 3.24. The van der Waals surface area contributed by atoms with Gasteiger partial charge in [-0.25, -0.2) is 0 Å². The highest BCUT2D eigenvalue weighted by atomic mass is 16.5. The van der Waals surface area contributed by atoms with Crippen molar-refractivity contribution in [2.45, 2.75) is 33.6 Å². The largest absolute Gasteiger partial charge is 0.490 e. The van der Waals surface area contributed by atoms with Gasteiger partial charge in [-0.3, -0.25) is 9.59 Å². The second-order valence-electron chi connectivity index (χ2n) is 7.95. The molecule has 2 fully saturated rings. The first-order valence-corrected chi connectivity index (χ1v) is 8.21. The smallest absolute Gasteiger partial charge is 0.232 e. The number of carbonyl (C=O) groups excluding carboxylic acids is 2. The highest BCUT2D eigenvalue weighted by Gasteiger charge is 2.74. The molecule has 0 atom stereocenters. The van der Waals surface area contributed by atoms with Crippen molar-refractivity contribution in [2.24, 2.45) is 16.7 Å². The Morgan fingerprint density at radius 3 is 2.61 bits per heavy atom. The average Bonchev–Trinajstić information content (AvgIpc) is 3.34. The molecule has 0 spiro atoms. The van der Waals surface area contributed by atoms with Crippen LogP contribution in [-0.4, -0.2) is 25.0 Å². The molecule has 0 saturated heterocycles. The van der Waals surface area contributed by atoms with Gasteiger partial charge in [0.1, 0.15) is 12.4 Å². The predicted molar refractivity (Wildman–Crippen MR) is 87.5 cm³/mol. The summed E-state index contributed by atoms with van der Waals surface area (Å²) in [6, 6.07) is 5.53. The number of nitrogens with one attached hydrogen (secondary N) is 1. The molecule has 4 rings (SSSR count). The van der Waals surface area contributed by atoms with Gasteiger partial charge < -0.3 is 15.0 Å². The van der Waals surface area contributed by atoms with E-state index in [0.29, 0.717) is 24.8 Å². The van der Waals surface area contributed by atoms with Crippen LogP contribution in [0.15, 0.2) is 18.2 Å². The molecule has 0 bridgehead atoms. The lowest BCUT2D eigenvalue weighted by Crippen LogP contribution is -2.44. The van der Waals surface area contributed by atoms with Gasteiger partial charge in [0.15, 0.2) is 0 Å². The number of amides is 2. The number of anilines is 2. The normalized spacial score (nSPS) is 27.4. The molecule has 1 aliphatic heterocycles. The Morgan fingerprint density at radius 2 is 2.00 bits per heavy atom. The Labute approximate surface area is 136 Å². The summed E-state index contributed by atoms with van der Waals surface area (Å²) in [4.78, 5) is 26.7. The van der Waals surface area contributed by atoms with Crippen molar-refractivity contribution in [1.29, 1.82) is 0 Å². The molecule has 5 heteroatoms.